The molecule has 0 unspecified atom stereocenters. The third kappa shape index (κ3) is 2.03. The maximum atomic E-state index is 11.9. The van der Waals surface area contributed by atoms with E-state index in [0.717, 1.165) is 5.76 Å². The number of carbonyl (C=O) groups is 1. The van der Waals surface area contributed by atoms with Crippen LogP contribution in [-0.4, -0.2) is 20.8 Å². The summed E-state index contributed by atoms with van der Waals surface area (Å²) >= 11 is 0. The number of hydrogen-bond donors (Lipinski definition) is 0. The Morgan fingerprint density at radius 1 is 1.56 bits per heavy atom. The van der Waals surface area contributed by atoms with Crippen LogP contribution < -0.4 is 0 Å². The van der Waals surface area contributed by atoms with E-state index in [2.05, 4.69) is 10.3 Å². The van der Waals surface area contributed by atoms with Crippen molar-refractivity contribution in [1.82, 2.24) is 15.0 Å². The lowest BCUT2D eigenvalue weighted by Gasteiger charge is -1.97. The van der Waals surface area contributed by atoms with Crippen LogP contribution in [0.15, 0.2) is 22.9 Å². The highest BCUT2D eigenvalue weighted by Crippen LogP contribution is 2.13. The van der Waals surface area contributed by atoms with Crippen LogP contribution in [0.5, 0.6) is 0 Å². The van der Waals surface area contributed by atoms with Crippen LogP contribution >= 0.6 is 0 Å². The fraction of sp³-hybridized carbons (Fsp3) is 0.364. The first-order valence-electron chi connectivity index (χ1n) is 5.15. The van der Waals surface area contributed by atoms with Gasteiger partial charge in [-0.15, -0.1) is 5.10 Å². The lowest BCUT2D eigenvalue weighted by atomic mass is 10.1. The highest BCUT2D eigenvalue weighted by molar-refractivity contribution is 5.98. The number of carbonyl (C=O) groups excluding carboxylic acids is 1. The average molecular weight is 219 g/mol. The Morgan fingerprint density at radius 3 is 3.00 bits per heavy atom. The van der Waals surface area contributed by atoms with Gasteiger partial charge in [0.2, 0.25) is 0 Å². The molecule has 2 heterocycles. The number of Topliss-reactive ketones (excluding diaryl/α,β-unsaturated/α-hetero) is 1. The molecule has 5 heteroatoms. The van der Waals surface area contributed by atoms with Crippen molar-refractivity contribution in [3.05, 3.63) is 35.5 Å². The Kier molecular flexibility index (Phi) is 2.85. The number of hydrogen-bond acceptors (Lipinski definition) is 4. The number of aromatic nitrogens is 3. The highest BCUT2D eigenvalue weighted by Gasteiger charge is 2.15. The maximum absolute atomic E-state index is 11.9. The molecule has 0 aromatic carbocycles. The van der Waals surface area contributed by atoms with Crippen LogP contribution in [-0.2, 0) is 19.9 Å². The van der Waals surface area contributed by atoms with Gasteiger partial charge < -0.3 is 4.42 Å². The summed E-state index contributed by atoms with van der Waals surface area (Å²) in [6.07, 6.45) is 4.27. The summed E-state index contributed by atoms with van der Waals surface area (Å²) in [5, 5.41) is 7.67. The predicted octanol–water partition coefficient (Wildman–Crippen LogP) is 1.40. The van der Waals surface area contributed by atoms with Crippen LogP contribution in [0, 0.1) is 0 Å². The van der Waals surface area contributed by atoms with Crippen LogP contribution in [0.1, 0.15) is 28.7 Å². The molecule has 84 valence electrons. The van der Waals surface area contributed by atoms with Gasteiger partial charge in [-0.2, -0.15) is 0 Å². The quantitative estimate of drug-likeness (QED) is 0.729. The fourth-order valence-electron chi connectivity index (χ4n) is 1.60. The van der Waals surface area contributed by atoms with Crippen LogP contribution in [0.3, 0.4) is 0 Å². The minimum absolute atomic E-state index is 0.0195. The number of rotatable bonds is 4. The zero-order valence-electron chi connectivity index (χ0n) is 9.30. The second-order valence-electron chi connectivity index (χ2n) is 3.59. The van der Waals surface area contributed by atoms with Gasteiger partial charge in [0.05, 0.1) is 23.9 Å². The molecule has 0 aliphatic rings. The molecule has 0 radical (unpaired) electrons. The van der Waals surface area contributed by atoms with Gasteiger partial charge in [-0.1, -0.05) is 12.1 Å². The van der Waals surface area contributed by atoms with Gasteiger partial charge >= 0.3 is 0 Å². The molecule has 0 N–H and O–H groups in total. The van der Waals surface area contributed by atoms with E-state index in [1.165, 1.54) is 0 Å². The summed E-state index contributed by atoms with van der Waals surface area (Å²) in [7, 11) is 1.77. The van der Waals surface area contributed by atoms with Gasteiger partial charge in [0.1, 0.15) is 5.76 Å². The summed E-state index contributed by atoms with van der Waals surface area (Å²) < 4.78 is 6.80. The largest absolute Gasteiger partial charge is 0.469 e. The van der Waals surface area contributed by atoms with Gasteiger partial charge in [-0.3, -0.25) is 9.48 Å². The Balaban J connectivity index is 2.14. The zero-order valence-corrected chi connectivity index (χ0v) is 9.30. The Bertz CT molecular complexity index is 499. The first-order chi connectivity index (χ1) is 7.70. The van der Waals surface area contributed by atoms with E-state index in [1.807, 2.05) is 6.92 Å². The van der Waals surface area contributed by atoms with Gasteiger partial charge in [-0.25, -0.2) is 0 Å². The minimum atomic E-state index is 0.0195. The second kappa shape index (κ2) is 4.30. The normalized spacial score (nSPS) is 10.6. The molecule has 0 atom stereocenters. The third-order valence-corrected chi connectivity index (χ3v) is 2.36. The molecule has 0 aliphatic heterocycles. The molecular weight excluding hydrogens is 206 g/mol. The monoisotopic (exact) mass is 219 g/mol. The van der Waals surface area contributed by atoms with E-state index in [9.17, 15) is 4.79 Å². The van der Waals surface area contributed by atoms with Gasteiger partial charge in [0.15, 0.2) is 5.78 Å². The summed E-state index contributed by atoms with van der Waals surface area (Å²) in [5.74, 6) is 0.750. The topological polar surface area (TPSA) is 60.9 Å². The van der Waals surface area contributed by atoms with Crippen LogP contribution in [0.2, 0.25) is 0 Å². The molecule has 0 aliphatic carbocycles. The lowest BCUT2D eigenvalue weighted by Crippen LogP contribution is -2.05. The predicted molar refractivity (Wildman–Crippen MR) is 57.1 cm³/mol. The van der Waals surface area contributed by atoms with E-state index >= 15 is 0 Å². The van der Waals surface area contributed by atoms with Crippen molar-refractivity contribution in [2.24, 2.45) is 7.05 Å². The number of nitrogens with zero attached hydrogens (tertiary/aromatic N) is 3. The zero-order chi connectivity index (χ0) is 11.5. The van der Waals surface area contributed by atoms with E-state index in [0.29, 0.717) is 17.7 Å². The Hall–Kier alpha value is -1.91. The molecule has 0 bridgehead atoms. The van der Waals surface area contributed by atoms with E-state index < -0.39 is 0 Å². The summed E-state index contributed by atoms with van der Waals surface area (Å²) in [4.78, 5) is 11.9. The van der Waals surface area contributed by atoms with Crippen molar-refractivity contribution < 1.29 is 9.21 Å². The molecule has 2 aromatic heterocycles. The molecule has 0 amide bonds. The molecule has 0 fully saturated rings. The molecular formula is C11H13N3O2. The third-order valence-electron chi connectivity index (χ3n) is 2.36. The molecule has 2 rings (SSSR count). The Morgan fingerprint density at radius 2 is 2.38 bits per heavy atom. The first-order valence-corrected chi connectivity index (χ1v) is 5.15. The number of ketones is 1. The minimum Gasteiger partial charge on any atom is -0.469 e. The fourth-order valence-corrected chi connectivity index (χ4v) is 1.60. The highest BCUT2D eigenvalue weighted by atomic mass is 16.3. The smallest absolute Gasteiger partial charge is 0.172 e. The molecule has 0 saturated heterocycles. The summed E-state index contributed by atoms with van der Waals surface area (Å²) in [6.45, 7) is 1.96. The van der Waals surface area contributed by atoms with E-state index in [-0.39, 0.29) is 12.2 Å². The summed E-state index contributed by atoms with van der Waals surface area (Å²) in [6, 6.07) is 1.71. The van der Waals surface area contributed by atoms with Crippen molar-refractivity contribution >= 4 is 5.78 Å². The van der Waals surface area contributed by atoms with Gasteiger partial charge in [-0.05, 0) is 6.07 Å². The van der Waals surface area contributed by atoms with Crippen molar-refractivity contribution in [2.75, 3.05) is 0 Å². The van der Waals surface area contributed by atoms with Crippen LogP contribution in [0.25, 0.3) is 0 Å². The lowest BCUT2D eigenvalue weighted by molar-refractivity contribution is 0.0990. The van der Waals surface area contributed by atoms with Gasteiger partial charge in [0, 0.05) is 19.7 Å². The van der Waals surface area contributed by atoms with E-state index in [4.69, 9.17) is 4.42 Å². The standard InChI is InChI=1S/C11H13N3O2/c1-3-11-9(4-5-16-11)10(15)6-8-7-14(2)13-12-8/h4-5,7H,3,6H2,1-2H3. The number of aryl methyl sites for hydroxylation is 2. The molecule has 0 saturated carbocycles. The van der Waals surface area contributed by atoms with Crippen molar-refractivity contribution in [3.63, 3.8) is 0 Å². The Labute approximate surface area is 93.1 Å². The molecule has 16 heavy (non-hydrogen) atoms. The molecule has 0 spiro atoms. The average Bonchev–Trinajstić information content (AvgIpc) is 2.86. The number of furan rings is 1. The van der Waals surface area contributed by atoms with Crippen molar-refractivity contribution in [2.45, 2.75) is 19.8 Å². The maximum Gasteiger partial charge on any atom is 0.172 e. The van der Waals surface area contributed by atoms with Crippen LogP contribution in [0.4, 0.5) is 0 Å². The SMILES string of the molecule is CCc1occc1C(=O)Cc1cn(C)nn1. The van der Waals surface area contributed by atoms with E-state index in [1.54, 1.807) is 30.3 Å². The summed E-state index contributed by atoms with van der Waals surface area (Å²) in [5.41, 5.74) is 1.32. The molecule has 5 nitrogen and oxygen atoms in total. The van der Waals surface area contributed by atoms with Crippen molar-refractivity contribution in [1.29, 1.82) is 0 Å². The van der Waals surface area contributed by atoms with Crippen molar-refractivity contribution in [3.8, 4) is 0 Å². The molecule has 2 aromatic rings. The first kappa shape index (κ1) is 10.6. The second-order valence-corrected chi connectivity index (χ2v) is 3.59. The van der Waals surface area contributed by atoms with Gasteiger partial charge in [0.25, 0.3) is 0 Å².